The van der Waals surface area contributed by atoms with Crippen LogP contribution < -0.4 is 11.1 Å². The number of hydrogen-bond donors (Lipinski definition) is 2. The van der Waals surface area contributed by atoms with Crippen molar-refractivity contribution in [2.75, 3.05) is 19.6 Å². The first kappa shape index (κ1) is 13.5. The van der Waals surface area contributed by atoms with Crippen molar-refractivity contribution in [3.05, 3.63) is 0 Å². The van der Waals surface area contributed by atoms with Gasteiger partial charge in [0.15, 0.2) is 0 Å². The first-order chi connectivity index (χ1) is 7.63. The molecule has 0 saturated carbocycles. The van der Waals surface area contributed by atoms with Crippen LogP contribution in [0.5, 0.6) is 0 Å². The Hall–Kier alpha value is -0.610. The highest BCUT2D eigenvalue weighted by Crippen LogP contribution is 2.09. The van der Waals surface area contributed by atoms with E-state index in [9.17, 15) is 4.79 Å². The van der Waals surface area contributed by atoms with Gasteiger partial charge in [-0.1, -0.05) is 13.3 Å². The summed E-state index contributed by atoms with van der Waals surface area (Å²) in [4.78, 5) is 13.6. The van der Waals surface area contributed by atoms with Gasteiger partial charge in [-0.25, -0.2) is 0 Å². The Morgan fingerprint density at radius 2 is 2.00 bits per heavy atom. The van der Waals surface area contributed by atoms with Crippen molar-refractivity contribution in [2.45, 2.75) is 51.6 Å². The van der Waals surface area contributed by atoms with E-state index in [2.05, 4.69) is 17.1 Å². The summed E-state index contributed by atoms with van der Waals surface area (Å²) in [5.41, 5.74) is 5.31. The molecule has 16 heavy (non-hydrogen) atoms. The number of amides is 1. The van der Waals surface area contributed by atoms with Gasteiger partial charge in [0.05, 0.1) is 6.04 Å². The van der Waals surface area contributed by atoms with Crippen LogP contribution >= 0.6 is 0 Å². The first-order valence-corrected chi connectivity index (χ1v) is 6.41. The molecule has 1 fully saturated rings. The van der Waals surface area contributed by atoms with Crippen LogP contribution in [-0.2, 0) is 4.79 Å². The molecule has 0 aromatic carbocycles. The van der Waals surface area contributed by atoms with Crippen LogP contribution in [0, 0.1) is 0 Å². The standard InChI is InChI=1S/C12H25N3O/c1-3-11(12(13)16)14-10(2)9-15-7-5-4-6-8-15/h10-11,14H,3-9H2,1-2H3,(H2,13,16). The molecule has 0 radical (unpaired) electrons. The summed E-state index contributed by atoms with van der Waals surface area (Å²) in [7, 11) is 0. The van der Waals surface area contributed by atoms with Crippen molar-refractivity contribution in [2.24, 2.45) is 5.73 Å². The number of nitrogens with zero attached hydrogens (tertiary/aromatic N) is 1. The fourth-order valence-electron chi connectivity index (χ4n) is 2.33. The van der Waals surface area contributed by atoms with Gasteiger partial charge in [-0.15, -0.1) is 0 Å². The summed E-state index contributed by atoms with van der Waals surface area (Å²) in [6.45, 7) is 7.51. The second-order valence-electron chi connectivity index (χ2n) is 4.79. The monoisotopic (exact) mass is 227 g/mol. The number of likely N-dealkylation sites (tertiary alicyclic amines) is 1. The number of rotatable bonds is 6. The van der Waals surface area contributed by atoms with Gasteiger partial charge in [-0.3, -0.25) is 4.79 Å². The minimum absolute atomic E-state index is 0.181. The summed E-state index contributed by atoms with van der Waals surface area (Å²) >= 11 is 0. The lowest BCUT2D eigenvalue weighted by Crippen LogP contribution is -2.49. The minimum Gasteiger partial charge on any atom is -0.368 e. The van der Waals surface area contributed by atoms with Crippen LogP contribution in [-0.4, -0.2) is 42.5 Å². The van der Waals surface area contributed by atoms with Gasteiger partial charge in [0, 0.05) is 12.6 Å². The lowest BCUT2D eigenvalue weighted by molar-refractivity contribution is -0.120. The van der Waals surface area contributed by atoms with Crippen LogP contribution in [0.1, 0.15) is 39.5 Å². The smallest absolute Gasteiger partial charge is 0.234 e. The van der Waals surface area contributed by atoms with Gasteiger partial charge in [0.1, 0.15) is 0 Å². The average molecular weight is 227 g/mol. The maximum Gasteiger partial charge on any atom is 0.234 e. The number of piperidine rings is 1. The van der Waals surface area contributed by atoms with Gasteiger partial charge in [0.25, 0.3) is 0 Å². The summed E-state index contributed by atoms with van der Waals surface area (Å²) in [6.07, 6.45) is 4.73. The first-order valence-electron chi connectivity index (χ1n) is 6.41. The fraction of sp³-hybridized carbons (Fsp3) is 0.917. The van der Waals surface area contributed by atoms with Crippen molar-refractivity contribution in [3.63, 3.8) is 0 Å². The van der Waals surface area contributed by atoms with Gasteiger partial charge in [0.2, 0.25) is 5.91 Å². The van der Waals surface area contributed by atoms with E-state index >= 15 is 0 Å². The Labute approximate surface area is 98.6 Å². The van der Waals surface area contributed by atoms with Crippen molar-refractivity contribution < 1.29 is 4.79 Å². The van der Waals surface area contributed by atoms with Gasteiger partial charge in [-0.05, 0) is 39.3 Å². The van der Waals surface area contributed by atoms with Crippen molar-refractivity contribution >= 4 is 5.91 Å². The molecule has 4 nitrogen and oxygen atoms in total. The molecule has 1 aliphatic heterocycles. The average Bonchev–Trinajstić information content (AvgIpc) is 2.27. The van der Waals surface area contributed by atoms with Gasteiger partial charge < -0.3 is 16.0 Å². The molecular weight excluding hydrogens is 202 g/mol. The Morgan fingerprint density at radius 3 is 2.50 bits per heavy atom. The Kier molecular flexibility index (Phi) is 5.77. The lowest BCUT2D eigenvalue weighted by Gasteiger charge is -2.30. The summed E-state index contributed by atoms with van der Waals surface area (Å²) in [5, 5.41) is 3.30. The molecule has 2 unspecified atom stereocenters. The van der Waals surface area contributed by atoms with Gasteiger partial charge in [-0.2, -0.15) is 0 Å². The van der Waals surface area contributed by atoms with Crippen LogP contribution in [0.15, 0.2) is 0 Å². The van der Waals surface area contributed by atoms with Crippen molar-refractivity contribution in [1.29, 1.82) is 0 Å². The summed E-state index contributed by atoms with van der Waals surface area (Å²) in [5.74, 6) is -0.243. The summed E-state index contributed by atoms with van der Waals surface area (Å²) < 4.78 is 0. The molecule has 0 bridgehead atoms. The second-order valence-corrected chi connectivity index (χ2v) is 4.79. The molecule has 94 valence electrons. The quantitative estimate of drug-likeness (QED) is 0.703. The van der Waals surface area contributed by atoms with Crippen molar-refractivity contribution in [3.8, 4) is 0 Å². The maximum atomic E-state index is 11.1. The molecule has 1 aliphatic rings. The zero-order valence-corrected chi connectivity index (χ0v) is 10.5. The van der Waals surface area contributed by atoms with E-state index in [0.29, 0.717) is 6.04 Å². The Bertz CT molecular complexity index is 214. The highest BCUT2D eigenvalue weighted by Gasteiger charge is 2.18. The topological polar surface area (TPSA) is 58.4 Å². The zero-order valence-electron chi connectivity index (χ0n) is 10.5. The highest BCUT2D eigenvalue weighted by atomic mass is 16.1. The van der Waals surface area contributed by atoms with Crippen LogP contribution in [0.2, 0.25) is 0 Å². The molecule has 4 heteroatoms. The number of carbonyl (C=O) groups is 1. The van der Waals surface area contributed by atoms with Crippen LogP contribution in [0.4, 0.5) is 0 Å². The molecule has 2 atom stereocenters. The highest BCUT2D eigenvalue weighted by molar-refractivity contribution is 5.79. The lowest BCUT2D eigenvalue weighted by atomic mass is 10.1. The minimum atomic E-state index is -0.243. The van der Waals surface area contributed by atoms with Gasteiger partial charge >= 0.3 is 0 Å². The molecule has 1 saturated heterocycles. The third-order valence-electron chi connectivity index (χ3n) is 3.22. The van der Waals surface area contributed by atoms with E-state index in [0.717, 1.165) is 13.0 Å². The van der Waals surface area contributed by atoms with E-state index in [1.807, 2.05) is 6.92 Å². The molecule has 0 aromatic rings. The van der Waals surface area contributed by atoms with Crippen molar-refractivity contribution in [1.82, 2.24) is 10.2 Å². The molecule has 1 heterocycles. The molecule has 1 amide bonds. The Balaban J connectivity index is 2.27. The number of hydrogen-bond acceptors (Lipinski definition) is 3. The predicted molar refractivity (Wildman–Crippen MR) is 66.2 cm³/mol. The third kappa shape index (κ3) is 4.49. The van der Waals surface area contributed by atoms with Crippen LogP contribution in [0.3, 0.4) is 0 Å². The number of primary amides is 1. The number of carbonyl (C=O) groups excluding carboxylic acids is 1. The van der Waals surface area contributed by atoms with E-state index in [1.54, 1.807) is 0 Å². The SMILES string of the molecule is CCC(NC(C)CN1CCCCC1)C(N)=O. The third-order valence-corrected chi connectivity index (χ3v) is 3.22. The predicted octanol–water partition coefficient (Wildman–Crippen LogP) is 0.714. The molecular formula is C12H25N3O. The summed E-state index contributed by atoms with van der Waals surface area (Å²) in [6, 6.07) is 0.148. The van der Waals surface area contributed by atoms with E-state index < -0.39 is 0 Å². The molecule has 3 N–H and O–H groups in total. The molecule has 0 aromatic heterocycles. The van der Waals surface area contributed by atoms with E-state index in [1.165, 1.54) is 32.4 Å². The normalized spacial score (nSPS) is 21.6. The van der Waals surface area contributed by atoms with Crippen LogP contribution in [0.25, 0.3) is 0 Å². The van der Waals surface area contributed by atoms with E-state index in [4.69, 9.17) is 5.73 Å². The number of nitrogens with two attached hydrogens (primary N) is 1. The molecule has 0 spiro atoms. The fourth-order valence-corrected chi connectivity index (χ4v) is 2.33. The van der Waals surface area contributed by atoms with E-state index in [-0.39, 0.29) is 11.9 Å². The zero-order chi connectivity index (χ0) is 12.0. The molecule has 0 aliphatic carbocycles. The second kappa shape index (κ2) is 6.86. The Morgan fingerprint density at radius 1 is 1.38 bits per heavy atom. The largest absolute Gasteiger partial charge is 0.368 e. The maximum absolute atomic E-state index is 11.1. The number of nitrogens with one attached hydrogen (secondary N) is 1. The molecule has 1 rings (SSSR count).